The van der Waals surface area contributed by atoms with Crippen molar-refractivity contribution in [2.75, 3.05) is 13.2 Å². The van der Waals surface area contributed by atoms with Crippen molar-refractivity contribution < 1.29 is 19.4 Å². The summed E-state index contributed by atoms with van der Waals surface area (Å²) >= 11 is 0. The van der Waals surface area contributed by atoms with Gasteiger partial charge in [-0.1, -0.05) is 6.08 Å². The van der Waals surface area contributed by atoms with E-state index >= 15 is 0 Å². The lowest BCUT2D eigenvalue weighted by atomic mass is 9.83. The van der Waals surface area contributed by atoms with Crippen LogP contribution in [0.1, 0.15) is 42.7 Å². The standard InChI is InChI=1S/C25H25N3O6/c1-15(30)16-4-6-17(7-5-16)27-23(31)26-11-10-20-22(28(26)24(27)32)19-9-8-18(33-13-12-29)14-21(19)34-25(20,2)3/h4-10,14,22,29H,11-13H2,1-3H3. The molecule has 2 aromatic carbocycles. The molecule has 1 unspecified atom stereocenters. The van der Waals surface area contributed by atoms with Gasteiger partial charge in [0.1, 0.15) is 29.7 Å². The van der Waals surface area contributed by atoms with Crippen molar-refractivity contribution in [3.63, 3.8) is 0 Å². The number of ether oxygens (including phenoxy) is 2. The molecule has 2 aliphatic rings. The van der Waals surface area contributed by atoms with Gasteiger partial charge in [-0.15, -0.1) is 0 Å². The maximum atomic E-state index is 13.7. The summed E-state index contributed by atoms with van der Waals surface area (Å²) in [5.74, 6) is 0.998. The Morgan fingerprint density at radius 1 is 1.15 bits per heavy atom. The molecule has 0 saturated carbocycles. The van der Waals surface area contributed by atoms with Crippen molar-refractivity contribution in [1.82, 2.24) is 13.9 Å². The topological polar surface area (TPSA) is 105 Å². The fraction of sp³-hybridized carbons (Fsp3) is 0.320. The molecule has 0 radical (unpaired) electrons. The van der Waals surface area contributed by atoms with Gasteiger partial charge < -0.3 is 14.6 Å². The number of aliphatic hydroxyl groups excluding tert-OH is 1. The van der Waals surface area contributed by atoms with Crippen LogP contribution >= 0.6 is 0 Å². The van der Waals surface area contributed by atoms with Crippen LogP contribution in [-0.4, -0.2) is 43.6 Å². The van der Waals surface area contributed by atoms with Crippen molar-refractivity contribution in [1.29, 1.82) is 0 Å². The summed E-state index contributed by atoms with van der Waals surface area (Å²) in [6, 6.07) is 11.2. The van der Waals surface area contributed by atoms with Crippen molar-refractivity contribution >= 4 is 5.78 Å². The zero-order valence-corrected chi connectivity index (χ0v) is 19.1. The number of fused-ring (bicyclic) bond motifs is 5. The van der Waals surface area contributed by atoms with E-state index in [1.165, 1.54) is 16.3 Å². The normalized spacial score (nSPS) is 17.6. The lowest BCUT2D eigenvalue weighted by molar-refractivity contribution is 0.101. The van der Waals surface area contributed by atoms with Crippen LogP contribution in [0.2, 0.25) is 0 Å². The lowest BCUT2D eigenvalue weighted by Crippen LogP contribution is -2.46. The molecule has 0 aliphatic carbocycles. The molecule has 3 aromatic rings. The quantitative estimate of drug-likeness (QED) is 0.459. The van der Waals surface area contributed by atoms with Crippen LogP contribution in [0.5, 0.6) is 11.5 Å². The molecule has 0 amide bonds. The zero-order chi connectivity index (χ0) is 24.2. The molecule has 1 aromatic heterocycles. The molecule has 0 fully saturated rings. The van der Waals surface area contributed by atoms with E-state index in [2.05, 4.69) is 0 Å². The van der Waals surface area contributed by atoms with E-state index in [1.807, 2.05) is 26.0 Å². The summed E-state index contributed by atoms with van der Waals surface area (Å²) in [6.45, 7) is 5.59. The number of benzene rings is 2. The Labute approximate surface area is 195 Å². The number of aliphatic hydroxyl groups is 1. The van der Waals surface area contributed by atoms with E-state index in [0.717, 1.165) is 15.7 Å². The molecule has 0 spiro atoms. The minimum absolute atomic E-state index is 0.0935. The average molecular weight is 463 g/mol. The Morgan fingerprint density at radius 3 is 2.56 bits per heavy atom. The van der Waals surface area contributed by atoms with Gasteiger partial charge in [0.15, 0.2) is 5.78 Å². The molecule has 0 saturated heterocycles. The highest BCUT2D eigenvalue weighted by Gasteiger charge is 2.44. The van der Waals surface area contributed by atoms with Crippen LogP contribution in [-0.2, 0) is 6.54 Å². The molecular weight excluding hydrogens is 438 g/mol. The Balaban J connectivity index is 1.67. The number of hydrogen-bond acceptors (Lipinski definition) is 6. The molecule has 1 atom stereocenters. The zero-order valence-electron chi connectivity index (χ0n) is 19.1. The Morgan fingerprint density at radius 2 is 1.88 bits per heavy atom. The van der Waals surface area contributed by atoms with Gasteiger partial charge in [-0.2, -0.15) is 0 Å². The predicted molar refractivity (Wildman–Crippen MR) is 124 cm³/mol. The van der Waals surface area contributed by atoms with Gasteiger partial charge >= 0.3 is 11.4 Å². The third-order valence-electron chi connectivity index (χ3n) is 6.31. The first kappa shape index (κ1) is 22.0. The van der Waals surface area contributed by atoms with Gasteiger partial charge in [0.25, 0.3) is 0 Å². The predicted octanol–water partition coefficient (Wildman–Crippen LogP) is 2.07. The van der Waals surface area contributed by atoms with E-state index in [0.29, 0.717) is 22.7 Å². The third kappa shape index (κ3) is 3.31. The van der Waals surface area contributed by atoms with Crippen molar-refractivity contribution in [3.05, 3.63) is 86.2 Å². The second-order valence-corrected chi connectivity index (χ2v) is 8.88. The van der Waals surface area contributed by atoms with Gasteiger partial charge in [-0.05, 0) is 62.7 Å². The van der Waals surface area contributed by atoms with Crippen LogP contribution in [0.25, 0.3) is 5.69 Å². The number of nitrogens with zero attached hydrogens (tertiary/aromatic N) is 3. The smallest absolute Gasteiger partial charge is 0.352 e. The molecule has 9 nitrogen and oxygen atoms in total. The molecular formula is C25H25N3O6. The van der Waals surface area contributed by atoms with Crippen LogP contribution in [0, 0.1) is 0 Å². The summed E-state index contributed by atoms with van der Waals surface area (Å²) < 4.78 is 15.8. The highest BCUT2D eigenvalue weighted by Crippen LogP contribution is 2.47. The number of Topliss-reactive ketones (excluding diaryl/α,β-unsaturated/α-hetero) is 1. The second kappa shape index (κ2) is 7.88. The summed E-state index contributed by atoms with van der Waals surface area (Å²) in [6.07, 6.45) is 1.94. The fourth-order valence-corrected chi connectivity index (χ4v) is 4.70. The minimum Gasteiger partial charge on any atom is -0.491 e. The highest BCUT2D eigenvalue weighted by atomic mass is 16.5. The molecule has 34 heavy (non-hydrogen) atoms. The first-order valence-electron chi connectivity index (χ1n) is 11.1. The van der Waals surface area contributed by atoms with E-state index in [-0.39, 0.29) is 25.5 Å². The van der Waals surface area contributed by atoms with Crippen molar-refractivity contribution in [2.45, 2.75) is 39.0 Å². The van der Waals surface area contributed by atoms with Gasteiger partial charge in [-0.3, -0.25) is 4.79 Å². The second-order valence-electron chi connectivity index (χ2n) is 8.88. The highest BCUT2D eigenvalue weighted by molar-refractivity contribution is 5.94. The first-order valence-corrected chi connectivity index (χ1v) is 11.1. The van der Waals surface area contributed by atoms with Crippen molar-refractivity contribution in [3.8, 4) is 17.2 Å². The van der Waals surface area contributed by atoms with Gasteiger partial charge in [0.05, 0.1) is 18.8 Å². The lowest BCUT2D eigenvalue weighted by Gasteiger charge is -2.42. The van der Waals surface area contributed by atoms with Crippen molar-refractivity contribution in [2.24, 2.45) is 0 Å². The van der Waals surface area contributed by atoms with E-state index < -0.39 is 23.0 Å². The summed E-state index contributed by atoms with van der Waals surface area (Å²) in [5, 5.41) is 9.05. The van der Waals surface area contributed by atoms with Gasteiger partial charge in [-0.25, -0.2) is 23.5 Å². The number of hydrogen-bond donors (Lipinski definition) is 1. The summed E-state index contributed by atoms with van der Waals surface area (Å²) in [7, 11) is 0. The Kier molecular flexibility index (Phi) is 5.09. The molecule has 9 heteroatoms. The molecule has 1 N–H and O–H groups in total. The average Bonchev–Trinajstić information content (AvgIpc) is 3.07. The minimum atomic E-state index is -0.723. The number of rotatable bonds is 5. The summed E-state index contributed by atoms with van der Waals surface area (Å²) in [4.78, 5) is 38.6. The maximum Gasteiger partial charge on any atom is 0.352 e. The van der Waals surface area contributed by atoms with Crippen LogP contribution < -0.4 is 20.9 Å². The number of aromatic nitrogens is 3. The number of carbonyl (C=O) groups is 1. The first-order chi connectivity index (χ1) is 16.2. The number of ketones is 1. The van der Waals surface area contributed by atoms with E-state index in [1.54, 1.807) is 36.4 Å². The van der Waals surface area contributed by atoms with E-state index in [9.17, 15) is 14.4 Å². The summed E-state index contributed by atoms with van der Waals surface area (Å²) in [5.41, 5.74) is 0.875. The SMILES string of the molecule is CC(=O)c1ccc(-n2c(=O)n3n(c2=O)C2C(=CC3)C(C)(C)Oc3cc(OCCO)ccc32)cc1. The van der Waals surface area contributed by atoms with Gasteiger partial charge in [0.2, 0.25) is 0 Å². The maximum absolute atomic E-state index is 13.7. The molecule has 5 rings (SSSR count). The Hall–Kier alpha value is -3.85. The molecule has 2 aliphatic heterocycles. The fourth-order valence-electron chi connectivity index (χ4n) is 4.70. The number of allylic oxidation sites excluding steroid dienone is 1. The number of carbonyl (C=O) groups excluding carboxylic acids is 1. The van der Waals surface area contributed by atoms with Crippen LogP contribution in [0.15, 0.2) is 63.7 Å². The molecule has 0 bridgehead atoms. The largest absolute Gasteiger partial charge is 0.491 e. The van der Waals surface area contributed by atoms with Crippen LogP contribution in [0.4, 0.5) is 0 Å². The third-order valence-corrected chi connectivity index (χ3v) is 6.31. The van der Waals surface area contributed by atoms with E-state index in [4.69, 9.17) is 14.6 Å². The van der Waals surface area contributed by atoms with Gasteiger partial charge in [0, 0.05) is 17.2 Å². The molecule has 3 heterocycles. The molecule has 176 valence electrons. The Bertz CT molecular complexity index is 1440. The van der Waals surface area contributed by atoms with Crippen LogP contribution in [0.3, 0.4) is 0 Å². The monoisotopic (exact) mass is 463 g/mol.